The molecule has 2 heterocycles. The Labute approximate surface area is 186 Å². The Bertz CT molecular complexity index is 955. The molecule has 1 N–H and O–H groups in total. The molecule has 3 rings (SSSR count). The van der Waals surface area contributed by atoms with E-state index in [1.807, 2.05) is 20.8 Å². The number of hydrogen-bond donors (Lipinski definition) is 1. The molecule has 13 heteroatoms. The van der Waals surface area contributed by atoms with Gasteiger partial charge in [-0.2, -0.15) is 13.2 Å². The Kier molecular flexibility index (Phi) is 6.47. The molecule has 1 fully saturated rings. The predicted molar refractivity (Wildman–Crippen MR) is 104 cm³/mol. The van der Waals surface area contributed by atoms with Crippen molar-refractivity contribution in [2.24, 2.45) is 5.28 Å². The molecule has 1 unspecified atom stereocenters. The third-order valence-electron chi connectivity index (χ3n) is 4.73. The number of nitrogens with zero attached hydrogens (tertiary/aromatic N) is 3. The van der Waals surface area contributed by atoms with E-state index in [9.17, 15) is 23.2 Å². The molecule has 0 aliphatic carbocycles. The molecule has 2 aliphatic heterocycles. The number of aliphatic hydroxyl groups excluding tert-OH is 1. The van der Waals surface area contributed by atoms with Gasteiger partial charge >= 0.3 is 12.1 Å². The Morgan fingerprint density at radius 3 is 2.59 bits per heavy atom. The van der Waals surface area contributed by atoms with Crippen molar-refractivity contribution in [1.82, 2.24) is 5.01 Å². The Hall–Kier alpha value is -2.73. The maximum atomic E-state index is 13.6. The summed E-state index contributed by atoms with van der Waals surface area (Å²) in [7, 11) is 0. The first-order valence-corrected chi connectivity index (χ1v) is 9.84. The number of esters is 1. The molecule has 1 aromatic carbocycles. The Morgan fingerprint density at radius 1 is 1.38 bits per heavy atom. The minimum atomic E-state index is -4.90. The summed E-state index contributed by atoms with van der Waals surface area (Å²) in [5, 5.41) is 25.0. The first kappa shape index (κ1) is 23.9. The lowest BCUT2D eigenvalue weighted by molar-refractivity contribution is -0.727. The molecule has 0 aromatic heterocycles. The zero-order valence-corrected chi connectivity index (χ0v) is 18.1. The lowest BCUT2D eigenvalue weighted by Crippen LogP contribution is -2.53. The van der Waals surface area contributed by atoms with Crippen LogP contribution >= 0.6 is 11.6 Å². The van der Waals surface area contributed by atoms with Gasteiger partial charge in [-0.25, -0.2) is 4.79 Å². The van der Waals surface area contributed by atoms with E-state index >= 15 is 0 Å². The van der Waals surface area contributed by atoms with E-state index in [4.69, 9.17) is 21.4 Å². The minimum absolute atomic E-state index is 0.0348. The van der Waals surface area contributed by atoms with Crippen LogP contribution in [0.2, 0.25) is 5.02 Å². The van der Waals surface area contributed by atoms with E-state index in [0.29, 0.717) is 10.6 Å². The molecule has 0 bridgehead atoms. The molecule has 1 aromatic rings. The molecule has 0 saturated carbocycles. The van der Waals surface area contributed by atoms with Gasteiger partial charge in [-0.15, -0.1) is 5.01 Å². The third-order valence-corrected chi connectivity index (χ3v) is 5.05. The van der Waals surface area contributed by atoms with Gasteiger partial charge in [0.15, 0.2) is 0 Å². The lowest BCUT2D eigenvalue weighted by Gasteiger charge is -2.30. The van der Waals surface area contributed by atoms with Crippen LogP contribution in [0.4, 0.5) is 13.2 Å². The van der Waals surface area contributed by atoms with Gasteiger partial charge in [0, 0.05) is 10.6 Å². The number of benzene rings is 1. The van der Waals surface area contributed by atoms with E-state index < -0.39 is 42.1 Å². The van der Waals surface area contributed by atoms with Crippen molar-refractivity contribution in [1.29, 1.82) is 0 Å². The summed E-state index contributed by atoms with van der Waals surface area (Å²) in [5.41, 5.74) is -0.484. The van der Waals surface area contributed by atoms with Crippen LogP contribution in [0.5, 0.6) is 5.75 Å². The standard InChI is InChI=1S/C19H21ClF3N3O6/c1-18(2,3)13-6-15-10(5-14(13)20)4-12(16(32-15)19(21,22)23)17(28)30-9-31-24-26(29)25-7-11(27)8-25/h4-6,11,16,27H,7-9H2,1-3H3/b26-24-. The zero-order chi connectivity index (χ0) is 23.8. The molecule has 0 amide bonds. The number of ether oxygens (including phenoxy) is 2. The van der Waals surface area contributed by atoms with Crippen LogP contribution in [0.15, 0.2) is 23.0 Å². The fraction of sp³-hybridized carbons (Fsp3) is 0.526. The average molecular weight is 480 g/mol. The highest BCUT2D eigenvalue weighted by atomic mass is 35.5. The Morgan fingerprint density at radius 2 is 2.03 bits per heavy atom. The molecular formula is C19H21ClF3N3O6. The highest BCUT2D eigenvalue weighted by molar-refractivity contribution is 6.31. The third kappa shape index (κ3) is 5.18. The maximum absolute atomic E-state index is 13.6. The smallest absolute Gasteiger partial charge is 0.430 e. The fourth-order valence-electron chi connectivity index (χ4n) is 3.06. The quantitative estimate of drug-likeness (QED) is 0.172. The van der Waals surface area contributed by atoms with Crippen LogP contribution in [0.1, 0.15) is 31.9 Å². The van der Waals surface area contributed by atoms with Crippen LogP contribution in [0, 0.1) is 5.21 Å². The maximum Gasteiger partial charge on any atom is 0.430 e. The van der Waals surface area contributed by atoms with Crippen molar-refractivity contribution in [3.63, 3.8) is 0 Å². The van der Waals surface area contributed by atoms with Crippen molar-refractivity contribution in [2.75, 3.05) is 19.9 Å². The van der Waals surface area contributed by atoms with Crippen LogP contribution < -0.4 is 4.74 Å². The van der Waals surface area contributed by atoms with Gasteiger partial charge in [-0.3, -0.25) is 0 Å². The van der Waals surface area contributed by atoms with E-state index in [1.165, 1.54) is 12.1 Å². The number of rotatable bonds is 5. The van der Waals surface area contributed by atoms with Crippen molar-refractivity contribution < 1.29 is 42.4 Å². The normalized spacial score (nSPS) is 19.5. The summed E-state index contributed by atoms with van der Waals surface area (Å²) in [6.45, 7) is 4.73. The molecule has 0 spiro atoms. The molecule has 32 heavy (non-hydrogen) atoms. The first-order chi connectivity index (χ1) is 14.8. The summed E-state index contributed by atoms with van der Waals surface area (Å²) in [4.78, 5) is 16.9. The van der Waals surface area contributed by atoms with Gasteiger partial charge in [-0.1, -0.05) is 32.4 Å². The number of β-amino-alcohol motifs (C(OH)–C–C–N with tert-alkyl or cyclic N) is 1. The number of alkyl halides is 3. The van der Waals surface area contributed by atoms with Crippen LogP contribution in [0.25, 0.3) is 6.08 Å². The number of carbonyl (C=O) groups is 1. The molecule has 0 radical (unpaired) electrons. The van der Waals surface area contributed by atoms with Crippen LogP contribution in [-0.4, -0.2) is 59.3 Å². The van der Waals surface area contributed by atoms with Gasteiger partial charge in [0.2, 0.25) is 11.4 Å². The summed E-state index contributed by atoms with van der Waals surface area (Å²) in [5.74, 6) is -1.43. The second-order valence-corrected chi connectivity index (χ2v) is 8.70. The van der Waals surface area contributed by atoms with Gasteiger partial charge in [0.1, 0.15) is 24.9 Å². The number of aliphatic hydroxyl groups is 1. The topological polar surface area (TPSA) is 107 Å². The number of carbonyl (C=O) groups excluding carboxylic acids is 1. The highest BCUT2D eigenvalue weighted by Gasteiger charge is 2.49. The Balaban J connectivity index is 1.76. The second kappa shape index (κ2) is 8.66. The van der Waals surface area contributed by atoms with E-state index in [0.717, 1.165) is 11.1 Å². The number of halogens is 4. The molecule has 9 nitrogen and oxygen atoms in total. The lowest BCUT2D eigenvalue weighted by atomic mass is 9.85. The van der Waals surface area contributed by atoms with Crippen molar-refractivity contribution in [3.05, 3.63) is 39.1 Å². The van der Waals surface area contributed by atoms with Gasteiger partial charge in [0.05, 0.1) is 10.5 Å². The van der Waals surface area contributed by atoms with Crippen molar-refractivity contribution in [3.8, 4) is 5.75 Å². The van der Waals surface area contributed by atoms with E-state index in [1.54, 1.807) is 0 Å². The van der Waals surface area contributed by atoms with Crippen LogP contribution in [-0.2, 0) is 19.8 Å². The first-order valence-electron chi connectivity index (χ1n) is 9.46. The second-order valence-electron chi connectivity index (χ2n) is 8.30. The van der Waals surface area contributed by atoms with Gasteiger partial charge in [-0.05, 0) is 29.2 Å². The zero-order valence-electron chi connectivity index (χ0n) is 17.4. The summed E-state index contributed by atoms with van der Waals surface area (Å²) < 4.78 is 50.6. The van der Waals surface area contributed by atoms with Crippen molar-refractivity contribution >= 4 is 23.6 Å². The summed E-state index contributed by atoms with van der Waals surface area (Å²) in [6.07, 6.45) is -7.13. The minimum Gasteiger partial charge on any atom is -0.569 e. The largest absolute Gasteiger partial charge is 0.569 e. The van der Waals surface area contributed by atoms with Crippen LogP contribution in [0.3, 0.4) is 0 Å². The molecule has 1 atom stereocenters. The monoisotopic (exact) mass is 479 g/mol. The fourth-order valence-corrected chi connectivity index (χ4v) is 3.52. The summed E-state index contributed by atoms with van der Waals surface area (Å²) >= 11 is 6.27. The average Bonchev–Trinajstić information content (AvgIpc) is 2.65. The molecule has 2 aliphatic rings. The molecular weight excluding hydrogens is 459 g/mol. The number of hydrogen-bond acceptors (Lipinski definition) is 7. The van der Waals surface area contributed by atoms with Crippen molar-refractivity contribution in [2.45, 2.75) is 44.6 Å². The number of fused-ring (bicyclic) bond motifs is 1. The highest BCUT2D eigenvalue weighted by Crippen LogP contribution is 2.42. The van der Waals surface area contributed by atoms with E-state index in [-0.39, 0.29) is 29.4 Å². The molecule has 176 valence electrons. The number of hydrazine groups is 1. The molecule has 1 saturated heterocycles. The van der Waals surface area contributed by atoms with E-state index in [2.05, 4.69) is 14.9 Å². The van der Waals surface area contributed by atoms with Gasteiger partial charge < -0.3 is 24.6 Å². The predicted octanol–water partition coefficient (Wildman–Crippen LogP) is 3.33. The SMILES string of the molecule is CC(C)(C)c1cc2c(cc1Cl)C=C(C(=O)OCO/N=[N+](\[O-])N1CC(O)C1)C(C(F)(F)F)O2. The summed E-state index contributed by atoms with van der Waals surface area (Å²) in [6, 6.07) is 2.84. The van der Waals surface area contributed by atoms with Gasteiger partial charge in [0.25, 0.3) is 6.79 Å².